The predicted molar refractivity (Wildman–Crippen MR) is 142 cm³/mol. The summed E-state index contributed by atoms with van der Waals surface area (Å²) < 4.78 is 58.3. The highest BCUT2D eigenvalue weighted by Gasteiger charge is 2.19. The van der Waals surface area contributed by atoms with Crippen molar-refractivity contribution in [1.82, 2.24) is 9.97 Å². The van der Waals surface area contributed by atoms with Crippen molar-refractivity contribution in [2.24, 2.45) is 0 Å². The van der Waals surface area contributed by atoms with Crippen LogP contribution in [0.2, 0.25) is 5.02 Å². The fourth-order valence-electron chi connectivity index (χ4n) is 3.30. The third kappa shape index (κ3) is 7.78. The largest absolute Gasteiger partial charge is 0.495 e. The summed E-state index contributed by atoms with van der Waals surface area (Å²) in [5.41, 5.74) is 1.35. The Morgan fingerprint density at radius 2 is 1.78 bits per heavy atom. The first kappa shape index (κ1) is 28.2. The van der Waals surface area contributed by atoms with Gasteiger partial charge in [-0.1, -0.05) is 11.6 Å². The zero-order valence-corrected chi connectivity index (χ0v) is 22.7. The molecule has 11 nitrogen and oxygen atoms in total. The number of aryl methyl sites for hydroxylation is 1. The number of hydrogen-bond acceptors (Lipinski definition) is 8. The summed E-state index contributed by atoms with van der Waals surface area (Å²) in [6.45, 7) is 1.77. The van der Waals surface area contributed by atoms with E-state index in [4.69, 9.17) is 16.3 Å². The van der Waals surface area contributed by atoms with Gasteiger partial charge in [0.15, 0.2) is 0 Å². The standard InChI is InChI=1S/C23H26ClN5O6S2/c1-16-12-13-25-23(26-16)28-37(33,34)19-9-6-17(7-10-19)27-22(30)5-4-14-29(36(3,31)32)18-8-11-21(35-2)20(24)15-18/h6-13,15H,4-5,14H2,1-3H3,(H,27,30)(H,25,26,28). The summed E-state index contributed by atoms with van der Waals surface area (Å²) in [7, 11) is -6.08. The number of nitrogens with zero attached hydrogens (tertiary/aromatic N) is 3. The maximum absolute atomic E-state index is 12.6. The van der Waals surface area contributed by atoms with Crippen LogP contribution < -0.4 is 19.1 Å². The summed E-state index contributed by atoms with van der Waals surface area (Å²) in [6, 6.07) is 11.8. The Labute approximate surface area is 220 Å². The molecule has 0 fully saturated rings. The number of carbonyl (C=O) groups excluding carboxylic acids is 1. The molecule has 0 aliphatic carbocycles. The average molecular weight is 568 g/mol. The molecule has 0 unspecified atom stereocenters. The van der Waals surface area contributed by atoms with Gasteiger partial charge in [-0.05, 0) is 61.9 Å². The first-order valence-electron chi connectivity index (χ1n) is 10.9. The van der Waals surface area contributed by atoms with Gasteiger partial charge in [0.1, 0.15) is 5.75 Å². The van der Waals surface area contributed by atoms with Crippen molar-refractivity contribution in [2.45, 2.75) is 24.7 Å². The van der Waals surface area contributed by atoms with E-state index < -0.39 is 20.0 Å². The van der Waals surface area contributed by atoms with Crippen molar-refractivity contribution in [1.29, 1.82) is 0 Å². The molecule has 3 aromatic rings. The summed E-state index contributed by atoms with van der Waals surface area (Å²) in [6.07, 6.45) is 2.78. The van der Waals surface area contributed by atoms with Gasteiger partial charge in [-0.15, -0.1) is 0 Å². The maximum atomic E-state index is 12.6. The van der Waals surface area contributed by atoms with Crippen molar-refractivity contribution in [3.05, 3.63) is 65.4 Å². The van der Waals surface area contributed by atoms with Crippen LogP contribution in [0.3, 0.4) is 0 Å². The van der Waals surface area contributed by atoms with Gasteiger partial charge in [0.2, 0.25) is 21.9 Å². The normalized spacial score (nSPS) is 11.6. The molecule has 0 aliphatic rings. The fraction of sp³-hybridized carbons (Fsp3) is 0.261. The quantitative estimate of drug-likeness (QED) is 0.358. The second-order valence-corrected chi connectivity index (χ2v) is 12.0. The third-order valence-corrected chi connectivity index (χ3v) is 7.89. The molecule has 3 rings (SSSR count). The molecule has 0 aliphatic heterocycles. The van der Waals surface area contributed by atoms with Gasteiger partial charge in [0, 0.05) is 30.5 Å². The summed E-state index contributed by atoms with van der Waals surface area (Å²) in [5.74, 6) is 0.0110. The molecule has 1 heterocycles. The Morgan fingerprint density at radius 3 is 2.38 bits per heavy atom. The molecule has 0 radical (unpaired) electrons. The molecule has 0 spiro atoms. The Morgan fingerprint density at radius 1 is 1.08 bits per heavy atom. The van der Waals surface area contributed by atoms with E-state index in [1.807, 2.05) is 0 Å². The van der Waals surface area contributed by atoms with Gasteiger partial charge in [-0.3, -0.25) is 9.10 Å². The second-order valence-electron chi connectivity index (χ2n) is 7.96. The number of rotatable bonds is 11. The van der Waals surface area contributed by atoms with Crippen LogP contribution in [0.4, 0.5) is 17.3 Å². The lowest BCUT2D eigenvalue weighted by molar-refractivity contribution is -0.116. The Kier molecular flexibility index (Phi) is 8.94. The number of sulfonamides is 2. The van der Waals surface area contributed by atoms with Crippen LogP contribution in [0, 0.1) is 6.92 Å². The fourth-order valence-corrected chi connectivity index (χ4v) is 5.46. The number of anilines is 3. The zero-order chi connectivity index (χ0) is 27.2. The van der Waals surface area contributed by atoms with Crippen molar-refractivity contribution in [2.75, 3.05) is 34.3 Å². The van der Waals surface area contributed by atoms with Crippen LogP contribution in [0.1, 0.15) is 18.5 Å². The number of benzene rings is 2. The maximum Gasteiger partial charge on any atom is 0.264 e. The summed E-state index contributed by atoms with van der Waals surface area (Å²) in [5, 5.41) is 2.93. The smallest absolute Gasteiger partial charge is 0.264 e. The average Bonchev–Trinajstić information content (AvgIpc) is 2.81. The van der Waals surface area contributed by atoms with E-state index in [-0.39, 0.29) is 41.2 Å². The van der Waals surface area contributed by atoms with E-state index in [9.17, 15) is 21.6 Å². The molecule has 14 heteroatoms. The van der Waals surface area contributed by atoms with Gasteiger partial charge >= 0.3 is 0 Å². The van der Waals surface area contributed by atoms with Crippen LogP contribution >= 0.6 is 11.6 Å². The Hall–Kier alpha value is -3.42. The molecular formula is C23H26ClN5O6S2. The minimum absolute atomic E-state index is 0.0300. The number of ether oxygens (including phenoxy) is 1. The Bertz CT molecular complexity index is 1480. The van der Waals surface area contributed by atoms with Gasteiger partial charge in [0.05, 0.1) is 29.0 Å². The number of amides is 1. The molecule has 0 bridgehead atoms. The van der Waals surface area contributed by atoms with E-state index in [1.54, 1.807) is 25.1 Å². The van der Waals surface area contributed by atoms with E-state index in [0.29, 0.717) is 22.8 Å². The van der Waals surface area contributed by atoms with Crippen molar-refractivity contribution < 1.29 is 26.4 Å². The molecule has 2 N–H and O–H groups in total. The lowest BCUT2D eigenvalue weighted by atomic mass is 10.2. The van der Waals surface area contributed by atoms with Gasteiger partial charge in [-0.25, -0.2) is 31.5 Å². The lowest BCUT2D eigenvalue weighted by Gasteiger charge is -2.23. The van der Waals surface area contributed by atoms with E-state index in [0.717, 1.165) is 10.6 Å². The summed E-state index contributed by atoms with van der Waals surface area (Å²) in [4.78, 5) is 20.3. The third-order valence-electron chi connectivity index (χ3n) is 5.06. The summed E-state index contributed by atoms with van der Waals surface area (Å²) >= 11 is 6.13. The molecular weight excluding hydrogens is 542 g/mol. The van der Waals surface area contributed by atoms with E-state index >= 15 is 0 Å². The molecule has 0 saturated carbocycles. The number of carbonyl (C=O) groups is 1. The van der Waals surface area contributed by atoms with Crippen molar-refractivity contribution in [3.8, 4) is 5.75 Å². The van der Waals surface area contributed by atoms with Crippen LogP contribution in [0.25, 0.3) is 0 Å². The number of nitrogens with one attached hydrogen (secondary N) is 2. The molecule has 0 saturated heterocycles. The minimum atomic E-state index is -3.91. The SMILES string of the molecule is COc1ccc(N(CCCC(=O)Nc2ccc(S(=O)(=O)Nc3nccc(C)n3)cc2)S(C)(=O)=O)cc1Cl. The van der Waals surface area contributed by atoms with E-state index in [1.165, 1.54) is 43.6 Å². The second kappa shape index (κ2) is 11.8. The van der Waals surface area contributed by atoms with Crippen molar-refractivity contribution in [3.63, 3.8) is 0 Å². The number of halogens is 1. The first-order valence-corrected chi connectivity index (χ1v) is 14.6. The molecule has 1 aromatic heterocycles. The predicted octanol–water partition coefficient (Wildman–Crippen LogP) is 3.43. The molecule has 0 atom stereocenters. The highest BCUT2D eigenvalue weighted by Crippen LogP contribution is 2.30. The number of aromatic nitrogens is 2. The van der Waals surface area contributed by atoms with Gasteiger partial charge in [0.25, 0.3) is 10.0 Å². The van der Waals surface area contributed by atoms with Gasteiger partial charge in [-0.2, -0.15) is 0 Å². The Balaban J connectivity index is 1.58. The molecule has 2 aromatic carbocycles. The molecule has 1 amide bonds. The highest BCUT2D eigenvalue weighted by molar-refractivity contribution is 7.92. The number of methoxy groups -OCH3 is 1. The van der Waals surface area contributed by atoms with Crippen LogP contribution in [0.5, 0.6) is 5.75 Å². The minimum Gasteiger partial charge on any atom is -0.495 e. The molecule has 37 heavy (non-hydrogen) atoms. The first-order chi connectivity index (χ1) is 17.4. The monoisotopic (exact) mass is 567 g/mol. The van der Waals surface area contributed by atoms with Crippen LogP contribution in [-0.4, -0.2) is 52.6 Å². The highest BCUT2D eigenvalue weighted by atomic mass is 35.5. The topological polar surface area (TPSA) is 148 Å². The molecule has 198 valence electrons. The number of hydrogen-bond donors (Lipinski definition) is 2. The van der Waals surface area contributed by atoms with Crippen LogP contribution in [-0.2, 0) is 24.8 Å². The van der Waals surface area contributed by atoms with Crippen molar-refractivity contribution >= 4 is 54.9 Å². The van der Waals surface area contributed by atoms with Crippen LogP contribution in [0.15, 0.2) is 59.6 Å². The van der Waals surface area contributed by atoms with Gasteiger partial charge < -0.3 is 10.1 Å². The zero-order valence-electron chi connectivity index (χ0n) is 20.3. The van der Waals surface area contributed by atoms with E-state index in [2.05, 4.69) is 20.0 Å². The lowest BCUT2D eigenvalue weighted by Crippen LogP contribution is -2.31.